The Bertz CT molecular complexity index is 884. The maximum atomic E-state index is 12.6. The first-order chi connectivity index (χ1) is 26.4. The molecule has 0 aliphatic rings. The van der Waals surface area contributed by atoms with Gasteiger partial charge in [0.15, 0.2) is 6.10 Å². The summed E-state index contributed by atoms with van der Waals surface area (Å²) in [6.07, 6.45) is 48.6. The molecule has 0 saturated carbocycles. The highest BCUT2D eigenvalue weighted by Gasteiger charge is 2.25. The maximum Gasteiger partial charge on any atom is 0.472 e. The van der Waals surface area contributed by atoms with Crippen molar-refractivity contribution in [3.8, 4) is 0 Å². The summed E-state index contributed by atoms with van der Waals surface area (Å²) in [4.78, 5) is 22.5. The van der Waals surface area contributed by atoms with Crippen molar-refractivity contribution in [2.75, 3.05) is 26.4 Å². The molecule has 0 fully saturated rings. The van der Waals surface area contributed by atoms with E-state index in [2.05, 4.69) is 26.0 Å². The summed E-state index contributed by atoms with van der Waals surface area (Å²) < 4.78 is 33.2. The van der Waals surface area contributed by atoms with Gasteiger partial charge in [-0.3, -0.25) is 13.8 Å². The first kappa shape index (κ1) is 52.8. The Morgan fingerprint density at radius 1 is 0.556 bits per heavy atom. The number of rotatable bonds is 44. The van der Waals surface area contributed by atoms with Crippen LogP contribution in [0.1, 0.15) is 226 Å². The predicted molar refractivity (Wildman–Crippen MR) is 229 cm³/mol. The number of phosphoric ester groups is 1. The van der Waals surface area contributed by atoms with E-state index in [9.17, 15) is 14.3 Å². The van der Waals surface area contributed by atoms with Gasteiger partial charge >= 0.3 is 13.8 Å². The molecule has 9 heteroatoms. The van der Waals surface area contributed by atoms with Gasteiger partial charge in [0.05, 0.1) is 19.5 Å². The Labute approximate surface area is 334 Å². The number of nitrogens with two attached hydrogens (primary N) is 1. The van der Waals surface area contributed by atoms with Gasteiger partial charge in [-0.15, -0.1) is 0 Å². The summed E-state index contributed by atoms with van der Waals surface area (Å²) in [5.41, 5.74) is 5.37. The van der Waals surface area contributed by atoms with Gasteiger partial charge in [-0.25, -0.2) is 4.57 Å². The molecule has 0 spiro atoms. The van der Waals surface area contributed by atoms with Crippen molar-refractivity contribution in [2.45, 2.75) is 232 Å². The van der Waals surface area contributed by atoms with Crippen molar-refractivity contribution >= 4 is 13.8 Å². The van der Waals surface area contributed by atoms with Crippen molar-refractivity contribution < 1.29 is 32.8 Å². The largest absolute Gasteiger partial charge is 0.498 e. The summed E-state index contributed by atoms with van der Waals surface area (Å²) >= 11 is 0. The molecular weight excluding hydrogens is 697 g/mol. The van der Waals surface area contributed by atoms with Crippen molar-refractivity contribution in [2.24, 2.45) is 5.73 Å². The van der Waals surface area contributed by atoms with Gasteiger partial charge in [-0.2, -0.15) is 0 Å². The maximum absolute atomic E-state index is 12.6. The molecule has 0 aliphatic heterocycles. The molecule has 0 aliphatic carbocycles. The highest BCUT2D eigenvalue weighted by molar-refractivity contribution is 7.47. The molecule has 320 valence electrons. The summed E-state index contributed by atoms with van der Waals surface area (Å²) in [5.74, 6) is -0.350. The summed E-state index contributed by atoms with van der Waals surface area (Å²) in [6, 6.07) is 0. The zero-order valence-corrected chi connectivity index (χ0v) is 36.4. The van der Waals surface area contributed by atoms with E-state index in [1.54, 1.807) is 6.26 Å². The molecule has 8 nitrogen and oxygen atoms in total. The summed E-state index contributed by atoms with van der Waals surface area (Å²) in [5, 5.41) is 0. The Morgan fingerprint density at radius 2 is 0.944 bits per heavy atom. The van der Waals surface area contributed by atoms with Crippen LogP contribution in [0.3, 0.4) is 0 Å². The first-order valence-corrected chi connectivity index (χ1v) is 24.4. The van der Waals surface area contributed by atoms with Crippen LogP contribution < -0.4 is 5.73 Å². The number of carbonyl (C=O) groups is 1. The molecule has 0 aromatic rings. The molecule has 54 heavy (non-hydrogen) atoms. The Morgan fingerprint density at radius 3 is 1.37 bits per heavy atom. The van der Waals surface area contributed by atoms with Crippen molar-refractivity contribution in [3.63, 3.8) is 0 Å². The lowest BCUT2D eigenvalue weighted by atomic mass is 10.0. The van der Waals surface area contributed by atoms with Crippen LogP contribution in [0.25, 0.3) is 0 Å². The predicted octanol–water partition coefficient (Wildman–Crippen LogP) is 14.0. The quantitative estimate of drug-likeness (QED) is 0.0206. The minimum atomic E-state index is -4.29. The lowest BCUT2D eigenvalue weighted by Crippen LogP contribution is -2.27. The van der Waals surface area contributed by atoms with Gasteiger partial charge in [0.25, 0.3) is 0 Å². The molecule has 2 atom stereocenters. The molecule has 0 rings (SSSR count). The fourth-order valence-corrected chi connectivity index (χ4v) is 7.31. The van der Waals surface area contributed by atoms with E-state index in [0.717, 1.165) is 32.1 Å². The van der Waals surface area contributed by atoms with Gasteiger partial charge in [-0.1, -0.05) is 187 Å². The van der Waals surface area contributed by atoms with Gasteiger partial charge in [0, 0.05) is 13.0 Å². The van der Waals surface area contributed by atoms with E-state index in [1.807, 2.05) is 6.08 Å². The third-order valence-corrected chi connectivity index (χ3v) is 10.9. The van der Waals surface area contributed by atoms with Crippen LogP contribution in [0.2, 0.25) is 0 Å². The Hall–Kier alpha value is -1.18. The van der Waals surface area contributed by atoms with Gasteiger partial charge in [0.2, 0.25) is 0 Å². The number of carbonyl (C=O) groups excluding carboxylic acids is 1. The van der Waals surface area contributed by atoms with Gasteiger partial charge < -0.3 is 20.1 Å². The fourth-order valence-electron chi connectivity index (χ4n) is 6.55. The van der Waals surface area contributed by atoms with Crippen LogP contribution in [0.4, 0.5) is 0 Å². The van der Waals surface area contributed by atoms with Gasteiger partial charge in [-0.05, 0) is 51.0 Å². The lowest BCUT2D eigenvalue weighted by molar-refractivity contribution is -0.153. The second-order valence-electron chi connectivity index (χ2n) is 15.3. The smallest absolute Gasteiger partial charge is 0.472 e. The average molecular weight is 786 g/mol. The number of hydrogen-bond donors (Lipinski definition) is 2. The van der Waals surface area contributed by atoms with E-state index in [1.165, 1.54) is 173 Å². The molecule has 0 aromatic heterocycles. The minimum Gasteiger partial charge on any atom is -0.498 e. The van der Waals surface area contributed by atoms with E-state index in [4.69, 9.17) is 24.3 Å². The van der Waals surface area contributed by atoms with E-state index in [0.29, 0.717) is 6.42 Å². The zero-order valence-electron chi connectivity index (χ0n) is 35.5. The number of ether oxygens (including phenoxy) is 2. The van der Waals surface area contributed by atoms with Crippen molar-refractivity contribution in [1.82, 2.24) is 0 Å². The molecule has 0 bridgehead atoms. The van der Waals surface area contributed by atoms with Crippen LogP contribution in [-0.4, -0.2) is 43.3 Å². The number of esters is 1. The lowest BCUT2D eigenvalue weighted by Gasteiger charge is -2.19. The standard InChI is InChI=1S/C45H88NO7P/c1-3-5-7-9-11-13-15-17-19-20-21-22-23-24-25-26-28-30-32-34-36-38-45(47)53-44(43-52-54(48,49)51-41-39-46)42-50-40-37-35-33-31-29-27-18-16-14-12-10-8-6-4-2/h17,19,37,40,44H,3-16,18,20-36,38-39,41-43,46H2,1-2H3,(H,48,49)/b19-17-,40-37-/t44-/m1/s1. The third kappa shape index (κ3) is 42.0. The van der Waals surface area contributed by atoms with Crippen molar-refractivity contribution in [1.29, 1.82) is 0 Å². The summed E-state index contributed by atoms with van der Waals surface area (Å²) in [7, 11) is -4.29. The molecule has 0 amide bonds. The minimum absolute atomic E-state index is 0.0356. The monoisotopic (exact) mass is 786 g/mol. The summed E-state index contributed by atoms with van der Waals surface area (Å²) in [6.45, 7) is 4.26. The second-order valence-corrected chi connectivity index (χ2v) is 16.8. The number of hydrogen-bond acceptors (Lipinski definition) is 7. The fraction of sp³-hybridized carbons (Fsp3) is 0.889. The second kappa shape index (κ2) is 43.0. The highest BCUT2D eigenvalue weighted by atomic mass is 31.2. The number of unbranched alkanes of at least 4 members (excludes halogenated alkanes) is 29. The Balaban J connectivity index is 3.99. The molecule has 3 N–H and O–H groups in total. The average Bonchev–Trinajstić information content (AvgIpc) is 3.16. The van der Waals surface area contributed by atoms with E-state index >= 15 is 0 Å². The third-order valence-electron chi connectivity index (χ3n) is 9.94. The van der Waals surface area contributed by atoms with Gasteiger partial charge in [0.1, 0.15) is 6.61 Å². The first-order valence-electron chi connectivity index (χ1n) is 22.9. The molecule has 0 radical (unpaired) electrons. The topological polar surface area (TPSA) is 117 Å². The molecule has 1 unspecified atom stereocenters. The molecule has 0 aromatic carbocycles. The molecule has 0 saturated heterocycles. The SMILES string of the molecule is CCCCCCCC/C=C\CCCCCCCCCCCCCC(=O)O[C@H](CO/C=C\CCCCCCCCCCCCCC)COP(=O)(O)OCCN. The number of phosphoric acid groups is 1. The van der Waals surface area contributed by atoms with Crippen molar-refractivity contribution in [3.05, 3.63) is 24.5 Å². The Kier molecular flexibility index (Phi) is 42.0. The molecule has 0 heterocycles. The normalized spacial score (nSPS) is 13.6. The van der Waals surface area contributed by atoms with E-state index < -0.39 is 13.9 Å². The van der Waals surface area contributed by atoms with Crippen LogP contribution >= 0.6 is 7.82 Å². The molecular formula is C45H88NO7P. The van der Waals surface area contributed by atoms with Crippen LogP contribution in [0.5, 0.6) is 0 Å². The number of allylic oxidation sites excluding steroid dienone is 3. The van der Waals surface area contributed by atoms with Crippen LogP contribution in [-0.2, 0) is 27.9 Å². The van der Waals surface area contributed by atoms with Crippen LogP contribution in [0, 0.1) is 0 Å². The highest BCUT2D eigenvalue weighted by Crippen LogP contribution is 2.43. The van der Waals surface area contributed by atoms with Crippen LogP contribution in [0.15, 0.2) is 24.5 Å². The van der Waals surface area contributed by atoms with E-state index in [-0.39, 0.29) is 32.3 Å². The zero-order chi connectivity index (χ0) is 39.5.